The summed E-state index contributed by atoms with van der Waals surface area (Å²) in [4.78, 5) is 16.5. The van der Waals surface area contributed by atoms with Crippen molar-refractivity contribution in [2.75, 3.05) is 12.4 Å². The maximum Gasteiger partial charge on any atom is 0.244 e. The van der Waals surface area contributed by atoms with Gasteiger partial charge in [0.15, 0.2) is 5.65 Å². The molecule has 0 saturated heterocycles. The van der Waals surface area contributed by atoms with Crippen molar-refractivity contribution in [2.24, 2.45) is 0 Å². The molecule has 0 spiro atoms. The molecule has 20 heavy (non-hydrogen) atoms. The van der Waals surface area contributed by atoms with Crippen molar-refractivity contribution in [2.45, 2.75) is 39.3 Å². The summed E-state index contributed by atoms with van der Waals surface area (Å²) in [5.41, 5.74) is 0.872. The fourth-order valence-electron chi connectivity index (χ4n) is 1.79. The van der Waals surface area contributed by atoms with Gasteiger partial charge in [0.25, 0.3) is 0 Å². The predicted octanol–water partition coefficient (Wildman–Crippen LogP) is 1.95. The Balaban J connectivity index is 2.27. The Morgan fingerprint density at radius 3 is 2.65 bits per heavy atom. The summed E-state index contributed by atoms with van der Waals surface area (Å²) in [7, 11) is 1.76. The van der Waals surface area contributed by atoms with Gasteiger partial charge in [-0.1, -0.05) is 0 Å². The number of carbonyl (C=O) groups excluding carboxylic acids is 1. The van der Waals surface area contributed by atoms with Gasteiger partial charge in [0.2, 0.25) is 5.91 Å². The average Bonchev–Trinajstić information content (AvgIpc) is 2.81. The van der Waals surface area contributed by atoms with Gasteiger partial charge in [-0.25, -0.2) is 9.67 Å². The van der Waals surface area contributed by atoms with Gasteiger partial charge < -0.3 is 10.6 Å². The minimum atomic E-state index is -0.628. The summed E-state index contributed by atoms with van der Waals surface area (Å²) < 4.78 is 1.86. The molecule has 0 atom stereocenters. The van der Waals surface area contributed by atoms with Crippen LogP contribution in [0.2, 0.25) is 0 Å². The molecular formula is C14H21N5O. The van der Waals surface area contributed by atoms with Crippen molar-refractivity contribution >= 4 is 22.6 Å². The van der Waals surface area contributed by atoms with Crippen molar-refractivity contribution in [1.82, 2.24) is 20.1 Å². The van der Waals surface area contributed by atoms with Crippen LogP contribution in [0, 0.1) is 0 Å². The third-order valence-corrected chi connectivity index (χ3v) is 3.37. The molecule has 1 amide bonds. The normalized spacial score (nSPS) is 12.1. The molecule has 6 heteroatoms. The van der Waals surface area contributed by atoms with Crippen LogP contribution in [0.5, 0.6) is 0 Å². The van der Waals surface area contributed by atoms with E-state index in [9.17, 15) is 4.79 Å². The lowest BCUT2D eigenvalue weighted by Gasteiger charge is -2.22. The maximum absolute atomic E-state index is 12.1. The summed E-state index contributed by atoms with van der Waals surface area (Å²) in [6.45, 7) is 7.76. The highest BCUT2D eigenvalue weighted by molar-refractivity contribution is 5.98. The first-order valence-electron chi connectivity index (χ1n) is 6.69. The molecule has 2 N–H and O–H groups in total. The van der Waals surface area contributed by atoms with Crippen molar-refractivity contribution in [3.63, 3.8) is 0 Å². The quantitative estimate of drug-likeness (QED) is 0.894. The van der Waals surface area contributed by atoms with Gasteiger partial charge in [0.05, 0.1) is 23.6 Å². The monoisotopic (exact) mass is 275 g/mol. The highest BCUT2D eigenvalue weighted by Gasteiger charge is 2.25. The van der Waals surface area contributed by atoms with Crippen LogP contribution in [0.3, 0.4) is 0 Å². The van der Waals surface area contributed by atoms with E-state index in [-0.39, 0.29) is 11.9 Å². The second-order valence-corrected chi connectivity index (χ2v) is 5.65. The van der Waals surface area contributed by atoms with Gasteiger partial charge >= 0.3 is 0 Å². The van der Waals surface area contributed by atoms with Gasteiger partial charge in [-0.15, -0.1) is 0 Å². The number of amides is 1. The van der Waals surface area contributed by atoms with Crippen LogP contribution < -0.4 is 10.6 Å². The van der Waals surface area contributed by atoms with E-state index in [0.29, 0.717) is 5.69 Å². The topological polar surface area (TPSA) is 71.8 Å². The van der Waals surface area contributed by atoms with Gasteiger partial charge in [0, 0.05) is 11.4 Å². The Hall–Kier alpha value is -1.95. The van der Waals surface area contributed by atoms with Crippen LogP contribution in [0.15, 0.2) is 18.5 Å². The summed E-state index contributed by atoms with van der Waals surface area (Å²) >= 11 is 0. The molecule has 2 heterocycles. The molecule has 2 aromatic heterocycles. The zero-order valence-electron chi connectivity index (χ0n) is 12.6. The fraction of sp³-hybridized carbons (Fsp3) is 0.500. The van der Waals surface area contributed by atoms with E-state index < -0.39 is 5.54 Å². The molecule has 0 aliphatic rings. The number of pyridine rings is 1. The van der Waals surface area contributed by atoms with Gasteiger partial charge in [-0.2, -0.15) is 5.10 Å². The smallest absolute Gasteiger partial charge is 0.244 e. The van der Waals surface area contributed by atoms with E-state index >= 15 is 0 Å². The lowest BCUT2D eigenvalue weighted by Crippen LogP contribution is -2.47. The number of nitrogens with one attached hydrogen (secondary N) is 2. The van der Waals surface area contributed by atoms with Crippen LogP contribution in [0.4, 0.5) is 5.69 Å². The standard InChI is InChI=1S/C14H21N5O/c1-9(2)19-12-10(7-17-19)6-11(8-16-12)18-13(20)14(3,4)15-5/h6-9,15H,1-5H3,(H,18,20). The SMILES string of the molecule is CNC(C)(C)C(=O)Nc1cnc2c(cnn2C(C)C)c1. The zero-order valence-corrected chi connectivity index (χ0v) is 12.6. The molecular weight excluding hydrogens is 254 g/mol. The molecule has 0 aliphatic heterocycles. The third-order valence-electron chi connectivity index (χ3n) is 3.37. The van der Waals surface area contributed by atoms with Crippen LogP contribution in [0.1, 0.15) is 33.7 Å². The first-order valence-corrected chi connectivity index (χ1v) is 6.69. The summed E-state index contributed by atoms with van der Waals surface area (Å²) in [6, 6.07) is 2.14. The highest BCUT2D eigenvalue weighted by atomic mass is 16.2. The van der Waals surface area contributed by atoms with E-state index in [1.165, 1.54) is 0 Å². The van der Waals surface area contributed by atoms with Gasteiger partial charge in [0.1, 0.15) is 0 Å². The summed E-state index contributed by atoms with van der Waals surface area (Å²) in [5, 5.41) is 11.1. The Morgan fingerprint density at radius 1 is 1.35 bits per heavy atom. The van der Waals surface area contributed by atoms with Crippen LogP contribution in [-0.2, 0) is 4.79 Å². The number of hydrogen-bond acceptors (Lipinski definition) is 4. The maximum atomic E-state index is 12.1. The minimum Gasteiger partial charge on any atom is -0.323 e. The Bertz CT molecular complexity index is 630. The fourth-order valence-corrected chi connectivity index (χ4v) is 1.79. The molecule has 0 bridgehead atoms. The van der Waals surface area contributed by atoms with Gasteiger partial charge in [-0.05, 0) is 40.8 Å². The molecule has 108 valence electrons. The number of likely N-dealkylation sites (N-methyl/N-ethyl adjacent to an activating group) is 1. The number of rotatable bonds is 4. The number of hydrogen-bond donors (Lipinski definition) is 2. The van der Waals surface area contributed by atoms with E-state index in [2.05, 4.69) is 34.6 Å². The van der Waals surface area contributed by atoms with Gasteiger partial charge in [-0.3, -0.25) is 4.79 Å². The van der Waals surface area contributed by atoms with Crippen molar-refractivity contribution in [3.8, 4) is 0 Å². The average molecular weight is 275 g/mol. The van der Waals surface area contributed by atoms with E-state index in [0.717, 1.165) is 11.0 Å². The molecule has 0 fully saturated rings. The predicted molar refractivity (Wildman–Crippen MR) is 79.7 cm³/mol. The molecule has 0 radical (unpaired) electrons. The highest BCUT2D eigenvalue weighted by Crippen LogP contribution is 2.19. The molecule has 2 rings (SSSR count). The second kappa shape index (κ2) is 5.20. The lowest BCUT2D eigenvalue weighted by atomic mass is 10.1. The summed E-state index contributed by atoms with van der Waals surface area (Å²) in [5.74, 6) is -0.0996. The minimum absolute atomic E-state index is 0.0996. The Labute approximate surface area is 118 Å². The second-order valence-electron chi connectivity index (χ2n) is 5.65. The van der Waals surface area contributed by atoms with E-state index in [4.69, 9.17) is 0 Å². The number of carbonyl (C=O) groups is 1. The van der Waals surface area contributed by atoms with Crippen LogP contribution in [-0.4, -0.2) is 33.3 Å². The number of aromatic nitrogens is 3. The van der Waals surface area contributed by atoms with Crippen molar-refractivity contribution in [3.05, 3.63) is 18.5 Å². The zero-order chi connectivity index (χ0) is 14.9. The first-order chi connectivity index (χ1) is 9.35. The molecule has 0 aliphatic carbocycles. The molecule has 0 unspecified atom stereocenters. The lowest BCUT2D eigenvalue weighted by molar-refractivity contribution is -0.121. The van der Waals surface area contributed by atoms with Crippen molar-refractivity contribution in [1.29, 1.82) is 0 Å². The number of fused-ring (bicyclic) bond motifs is 1. The van der Waals surface area contributed by atoms with Crippen LogP contribution in [0.25, 0.3) is 11.0 Å². The van der Waals surface area contributed by atoms with E-state index in [1.807, 2.05) is 24.6 Å². The Kier molecular flexibility index (Phi) is 3.76. The molecule has 2 aromatic rings. The largest absolute Gasteiger partial charge is 0.323 e. The molecule has 6 nitrogen and oxygen atoms in total. The number of nitrogens with zero attached hydrogens (tertiary/aromatic N) is 3. The van der Waals surface area contributed by atoms with E-state index in [1.54, 1.807) is 19.4 Å². The Morgan fingerprint density at radius 2 is 2.05 bits per heavy atom. The van der Waals surface area contributed by atoms with Crippen molar-refractivity contribution < 1.29 is 4.79 Å². The molecule has 0 aromatic carbocycles. The molecule has 0 saturated carbocycles. The first kappa shape index (κ1) is 14.5. The summed E-state index contributed by atoms with van der Waals surface area (Å²) in [6.07, 6.45) is 3.42. The number of anilines is 1. The van der Waals surface area contributed by atoms with Crippen LogP contribution >= 0.6 is 0 Å². The third kappa shape index (κ3) is 2.65.